The zero-order valence-electron chi connectivity index (χ0n) is 16.2. The number of rotatable bonds is 4. The van der Waals surface area contributed by atoms with Crippen LogP contribution in [0.3, 0.4) is 0 Å². The van der Waals surface area contributed by atoms with Crippen LogP contribution in [0, 0.1) is 0 Å². The fourth-order valence-electron chi connectivity index (χ4n) is 4.06. The van der Waals surface area contributed by atoms with Gasteiger partial charge in [0.05, 0.1) is 29.5 Å². The molecule has 0 bridgehead atoms. The summed E-state index contributed by atoms with van der Waals surface area (Å²) in [6.07, 6.45) is 3.43. The second kappa shape index (κ2) is 7.35. The van der Waals surface area contributed by atoms with Gasteiger partial charge in [0.25, 0.3) is 0 Å². The molecule has 150 valence electrons. The summed E-state index contributed by atoms with van der Waals surface area (Å²) in [5.74, 6) is 0. The molecule has 30 heavy (non-hydrogen) atoms. The second-order valence-electron chi connectivity index (χ2n) is 7.13. The Morgan fingerprint density at radius 3 is 2.40 bits per heavy atom. The number of benzene rings is 2. The standard InChI is InChI=1S/C23H18Cl2N4O/c1-2-27-19(12-15-11-17(25)5-8-20(15)27)14-28-22-13-26-10-9-21(22)29(23(28)30)18-6-3-16(24)4-7-18/h3-13H,2,14H2,1H3. The van der Waals surface area contributed by atoms with Crippen LogP contribution in [0.1, 0.15) is 12.6 Å². The minimum atomic E-state index is -0.119. The van der Waals surface area contributed by atoms with E-state index in [0.717, 1.165) is 39.9 Å². The van der Waals surface area contributed by atoms with E-state index < -0.39 is 0 Å². The lowest BCUT2D eigenvalue weighted by molar-refractivity contribution is 0.675. The zero-order valence-corrected chi connectivity index (χ0v) is 17.7. The summed E-state index contributed by atoms with van der Waals surface area (Å²) < 4.78 is 5.67. The number of hydrogen-bond donors (Lipinski definition) is 0. The van der Waals surface area contributed by atoms with Crippen LogP contribution in [0.15, 0.2) is 71.8 Å². The van der Waals surface area contributed by atoms with Gasteiger partial charge in [0.2, 0.25) is 0 Å². The molecule has 0 saturated carbocycles. The quantitative estimate of drug-likeness (QED) is 0.372. The maximum absolute atomic E-state index is 13.5. The molecule has 0 radical (unpaired) electrons. The Bertz CT molecular complexity index is 1440. The van der Waals surface area contributed by atoms with Crippen molar-refractivity contribution >= 4 is 45.1 Å². The molecule has 0 fully saturated rings. The van der Waals surface area contributed by atoms with Crippen LogP contribution in [-0.2, 0) is 13.1 Å². The van der Waals surface area contributed by atoms with Crippen LogP contribution in [0.2, 0.25) is 10.0 Å². The Hall–Kier alpha value is -3.02. The van der Waals surface area contributed by atoms with E-state index in [4.69, 9.17) is 23.2 Å². The van der Waals surface area contributed by atoms with E-state index >= 15 is 0 Å². The molecule has 0 spiro atoms. The summed E-state index contributed by atoms with van der Waals surface area (Å²) in [5.41, 5.74) is 4.37. The summed E-state index contributed by atoms with van der Waals surface area (Å²) >= 11 is 12.2. The first-order chi connectivity index (χ1) is 14.6. The third-order valence-corrected chi connectivity index (χ3v) is 5.89. The molecule has 0 aliphatic rings. The second-order valence-corrected chi connectivity index (χ2v) is 8.00. The summed E-state index contributed by atoms with van der Waals surface area (Å²) in [4.78, 5) is 17.7. The summed E-state index contributed by atoms with van der Waals surface area (Å²) in [6.45, 7) is 3.32. The third kappa shape index (κ3) is 3.02. The number of nitrogens with zero attached hydrogens (tertiary/aromatic N) is 4. The average Bonchev–Trinajstić information content (AvgIpc) is 3.23. The van der Waals surface area contributed by atoms with Gasteiger partial charge < -0.3 is 4.57 Å². The average molecular weight is 437 g/mol. The van der Waals surface area contributed by atoms with E-state index in [-0.39, 0.29) is 5.69 Å². The van der Waals surface area contributed by atoms with Gasteiger partial charge in [0.1, 0.15) is 0 Å². The van der Waals surface area contributed by atoms with Gasteiger partial charge in [0.15, 0.2) is 0 Å². The van der Waals surface area contributed by atoms with Crippen LogP contribution in [0.4, 0.5) is 0 Å². The van der Waals surface area contributed by atoms with Crippen molar-refractivity contribution in [1.29, 1.82) is 0 Å². The molecule has 7 heteroatoms. The third-order valence-electron chi connectivity index (χ3n) is 5.40. The first kappa shape index (κ1) is 19.0. The number of aryl methyl sites for hydroxylation is 1. The number of halogens is 2. The van der Waals surface area contributed by atoms with Gasteiger partial charge in [-0.15, -0.1) is 0 Å². The predicted molar refractivity (Wildman–Crippen MR) is 122 cm³/mol. The molecule has 0 aliphatic carbocycles. The highest BCUT2D eigenvalue weighted by atomic mass is 35.5. The number of fused-ring (bicyclic) bond motifs is 2. The van der Waals surface area contributed by atoms with Gasteiger partial charge in [-0.05, 0) is 61.5 Å². The van der Waals surface area contributed by atoms with Crippen molar-refractivity contribution in [3.8, 4) is 5.69 Å². The van der Waals surface area contributed by atoms with Crippen LogP contribution in [0.25, 0.3) is 27.6 Å². The molecule has 0 saturated heterocycles. The molecule has 0 amide bonds. The molecule has 0 N–H and O–H groups in total. The maximum atomic E-state index is 13.5. The van der Waals surface area contributed by atoms with E-state index in [0.29, 0.717) is 16.6 Å². The van der Waals surface area contributed by atoms with Gasteiger partial charge in [-0.2, -0.15) is 0 Å². The summed E-state index contributed by atoms with van der Waals surface area (Å²) in [5, 5.41) is 2.39. The monoisotopic (exact) mass is 436 g/mol. The van der Waals surface area contributed by atoms with Crippen molar-refractivity contribution in [3.63, 3.8) is 0 Å². The lowest BCUT2D eigenvalue weighted by atomic mass is 10.2. The van der Waals surface area contributed by atoms with Gasteiger partial charge in [0, 0.05) is 39.4 Å². The molecule has 5 nitrogen and oxygen atoms in total. The van der Waals surface area contributed by atoms with Gasteiger partial charge in [-0.25, -0.2) is 4.79 Å². The molecule has 0 aliphatic heterocycles. The number of hydrogen-bond acceptors (Lipinski definition) is 2. The Kier molecular flexibility index (Phi) is 4.65. The topological polar surface area (TPSA) is 44.8 Å². The van der Waals surface area contributed by atoms with Crippen molar-refractivity contribution in [2.75, 3.05) is 0 Å². The minimum Gasteiger partial charge on any atom is -0.343 e. The largest absolute Gasteiger partial charge is 0.343 e. The highest BCUT2D eigenvalue weighted by Crippen LogP contribution is 2.25. The predicted octanol–water partition coefficient (Wildman–Crippen LogP) is 5.52. The first-order valence-corrected chi connectivity index (χ1v) is 10.4. The number of imidazole rings is 1. The molecule has 0 atom stereocenters. The van der Waals surface area contributed by atoms with Gasteiger partial charge in [-0.3, -0.25) is 14.1 Å². The normalized spacial score (nSPS) is 11.6. The Balaban J connectivity index is 1.71. The van der Waals surface area contributed by atoms with Crippen molar-refractivity contribution in [3.05, 3.63) is 93.2 Å². The van der Waals surface area contributed by atoms with E-state index in [1.165, 1.54) is 0 Å². The Labute approximate surface area is 182 Å². The zero-order chi connectivity index (χ0) is 20.8. The van der Waals surface area contributed by atoms with E-state index in [1.54, 1.807) is 33.7 Å². The van der Waals surface area contributed by atoms with Crippen LogP contribution in [0.5, 0.6) is 0 Å². The Morgan fingerprint density at radius 2 is 1.63 bits per heavy atom. The first-order valence-electron chi connectivity index (χ1n) is 9.65. The maximum Gasteiger partial charge on any atom is 0.334 e. The van der Waals surface area contributed by atoms with E-state index in [9.17, 15) is 4.79 Å². The van der Waals surface area contributed by atoms with Gasteiger partial charge >= 0.3 is 5.69 Å². The lowest BCUT2D eigenvalue weighted by Crippen LogP contribution is -2.24. The lowest BCUT2D eigenvalue weighted by Gasteiger charge is -2.09. The molecular weight excluding hydrogens is 419 g/mol. The van der Waals surface area contributed by atoms with Gasteiger partial charge in [-0.1, -0.05) is 23.2 Å². The van der Waals surface area contributed by atoms with Crippen molar-refractivity contribution < 1.29 is 0 Å². The number of aromatic nitrogens is 4. The van der Waals surface area contributed by atoms with Crippen molar-refractivity contribution in [2.24, 2.45) is 0 Å². The SMILES string of the molecule is CCn1c(Cn2c(=O)n(-c3ccc(Cl)cc3)c3ccncc32)cc2cc(Cl)ccc21. The van der Waals surface area contributed by atoms with Crippen molar-refractivity contribution in [1.82, 2.24) is 18.7 Å². The van der Waals surface area contributed by atoms with Crippen LogP contribution in [-0.4, -0.2) is 18.7 Å². The molecule has 5 rings (SSSR count). The highest BCUT2D eigenvalue weighted by Gasteiger charge is 2.17. The van der Waals surface area contributed by atoms with E-state index in [1.807, 2.05) is 36.4 Å². The fourth-order valence-corrected chi connectivity index (χ4v) is 4.37. The molecule has 3 aromatic heterocycles. The highest BCUT2D eigenvalue weighted by molar-refractivity contribution is 6.31. The molecule has 3 heterocycles. The van der Waals surface area contributed by atoms with Crippen LogP contribution >= 0.6 is 23.2 Å². The number of pyridine rings is 1. The molecule has 5 aromatic rings. The fraction of sp³-hybridized carbons (Fsp3) is 0.130. The minimum absolute atomic E-state index is 0.119. The molecule has 0 unspecified atom stereocenters. The Morgan fingerprint density at radius 1 is 0.867 bits per heavy atom. The van der Waals surface area contributed by atoms with Crippen LogP contribution < -0.4 is 5.69 Å². The summed E-state index contributed by atoms with van der Waals surface area (Å²) in [6, 6.07) is 17.1. The molecule has 2 aromatic carbocycles. The smallest absolute Gasteiger partial charge is 0.334 e. The van der Waals surface area contributed by atoms with E-state index in [2.05, 4.69) is 22.5 Å². The summed E-state index contributed by atoms with van der Waals surface area (Å²) in [7, 11) is 0. The molecular formula is C23H18Cl2N4O. The van der Waals surface area contributed by atoms with Crippen molar-refractivity contribution in [2.45, 2.75) is 20.0 Å².